The number of hydrogen-bond acceptors (Lipinski definition) is 3. The van der Waals surface area contributed by atoms with Crippen molar-refractivity contribution in [2.24, 2.45) is 0 Å². The van der Waals surface area contributed by atoms with Crippen LogP contribution in [-0.4, -0.2) is 25.2 Å². The lowest BCUT2D eigenvalue weighted by Gasteiger charge is -2.26. The van der Waals surface area contributed by atoms with E-state index in [2.05, 4.69) is 9.88 Å². The highest BCUT2D eigenvalue weighted by molar-refractivity contribution is 5.55. The van der Waals surface area contributed by atoms with Crippen molar-refractivity contribution in [1.82, 2.24) is 4.98 Å². The van der Waals surface area contributed by atoms with Crippen LogP contribution in [0.1, 0.15) is 0 Å². The predicted octanol–water partition coefficient (Wildman–Crippen LogP) is 0.203. The number of aromatic amines is 1. The van der Waals surface area contributed by atoms with Crippen molar-refractivity contribution in [3.63, 3.8) is 0 Å². The van der Waals surface area contributed by atoms with Crippen LogP contribution in [0.2, 0.25) is 0 Å². The van der Waals surface area contributed by atoms with Gasteiger partial charge in [0.15, 0.2) is 0 Å². The first-order valence-corrected chi connectivity index (χ1v) is 3.84. The van der Waals surface area contributed by atoms with Crippen molar-refractivity contribution in [2.75, 3.05) is 25.1 Å². The van der Waals surface area contributed by atoms with Gasteiger partial charge in [-0.05, 0) is 6.07 Å². The van der Waals surface area contributed by atoms with E-state index in [-0.39, 0.29) is 5.56 Å². The zero-order valence-electron chi connectivity index (χ0n) is 6.83. The highest BCUT2D eigenvalue weighted by atomic mass is 16.5. The third-order valence-electron chi connectivity index (χ3n) is 1.95. The van der Waals surface area contributed by atoms with E-state index < -0.39 is 0 Å². The molecule has 0 radical (unpaired) electrons. The predicted molar refractivity (Wildman–Crippen MR) is 45.8 cm³/mol. The minimum Gasteiger partial charge on any atom is -0.476 e. The quantitative estimate of drug-likeness (QED) is 0.599. The molecule has 0 unspecified atom stereocenters. The van der Waals surface area contributed by atoms with Crippen LogP contribution in [0, 0.1) is 0 Å². The summed E-state index contributed by atoms with van der Waals surface area (Å²) < 4.78 is 5.28. The molecule has 1 aliphatic rings. The Hall–Kier alpha value is -1.45. The summed E-state index contributed by atoms with van der Waals surface area (Å²) in [4.78, 5) is 15.6. The third kappa shape index (κ3) is 1.05. The van der Waals surface area contributed by atoms with Gasteiger partial charge in [-0.1, -0.05) is 0 Å². The second kappa shape index (κ2) is 2.55. The lowest BCUT2D eigenvalue weighted by atomic mass is 10.3. The van der Waals surface area contributed by atoms with Crippen LogP contribution in [0.3, 0.4) is 0 Å². The summed E-state index contributed by atoms with van der Waals surface area (Å²) >= 11 is 0. The van der Waals surface area contributed by atoms with Gasteiger partial charge < -0.3 is 9.64 Å². The van der Waals surface area contributed by atoms with Gasteiger partial charge in [-0.25, -0.2) is 0 Å². The molecule has 2 rings (SSSR count). The molecule has 64 valence electrons. The minimum absolute atomic E-state index is 0.121. The lowest BCUT2D eigenvalue weighted by Crippen LogP contribution is -2.30. The van der Waals surface area contributed by atoms with Gasteiger partial charge in [0, 0.05) is 13.1 Å². The highest BCUT2D eigenvalue weighted by Crippen LogP contribution is 2.25. The van der Waals surface area contributed by atoms with Gasteiger partial charge in [-0.2, -0.15) is 0 Å². The molecule has 1 N–H and O–H groups in total. The number of nitrogens with zero attached hydrogens (tertiary/aromatic N) is 1. The van der Waals surface area contributed by atoms with Crippen LogP contribution in [-0.2, 0) is 0 Å². The molecule has 4 nitrogen and oxygen atoms in total. The van der Waals surface area contributed by atoms with Crippen molar-refractivity contribution < 1.29 is 4.74 Å². The smallest absolute Gasteiger partial charge is 0.250 e. The molecule has 0 amide bonds. The lowest BCUT2D eigenvalue weighted by molar-refractivity contribution is 0.298. The van der Waals surface area contributed by atoms with E-state index in [0.717, 1.165) is 12.2 Å². The Balaban J connectivity index is 2.53. The van der Waals surface area contributed by atoms with E-state index in [1.807, 2.05) is 7.05 Å². The maximum atomic E-state index is 10.9. The molecule has 1 aliphatic heterocycles. The Labute approximate surface area is 69.8 Å². The summed E-state index contributed by atoms with van der Waals surface area (Å²) in [6.45, 7) is 1.49. The number of likely N-dealkylation sites (N-methyl/N-ethyl adjacent to an activating group) is 1. The number of anilines is 1. The van der Waals surface area contributed by atoms with Crippen LogP contribution in [0.4, 0.5) is 5.69 Å². The molecule has 0 bridgehead atoms. The zero-order valence-corrected chi connectivity index (χ0v) is 6.83. The standard InChI is InChI=1S/C8H10N2O2/c1-10-4-5-12-8-6(10)2-3-7(11)9-8/h2-3H,4-5H2,1H3,(H,9,11). The molecule has 0 fully saturated rings. The molecule has 0 atom stereocenters. The molecule has 1 aromatic heterocycles. The molecule has 0 saturated carbocycles. The SMILES string of the molecule is CN1CCOc2[nH]c(=O)ccc21. The van der Waals surface area contributed by atoms with Gasteiger partial charge in [0.1, 0.15) is 6.61 Å². The van der Waals surface area contributed by atoms with Crippen LogP contribution in [0.5, 0.6) is 5.88 Å². The molecule has 4 heteroatoms. The first-order chi connectivity index (χ1) is 5.77. The minimum atomic E-state index is -0.121. The first kappa shape index (κ1) is 7.21. The van der Waals surface area contributed by atoms with E-state index in [1.54, 1.807) is 6.07 Å². The first-order valence-electron chi connectivity index (χ1n) is 3.84. The molecule has 0 aliphatic carbocycles. The molecule has 12 heavy (non-hydrogen) atoms. The van der Waals surface area contributed by atoms with Crippen LogP contribution < -0.4 is 15.2 Å². The largest absolute Gasteiger partial charge is 0.476 e. The Morgan fingerprint density at radius 1 is 1.58 bits per heavy atom. The van der Waals surface area contributed by atoms with Gasteiger partial charge in [0.05, 0.1) is 12.2 Å². The van der Waals surface area contributed by atoms with Crippen LogP contribution in [0.15, 0.2) is 16.9 Å². The molecule has 2 heterocycles. The Morgan fingerprint density at radius 3 is 3.25 bits per heavy atom. The average molecular weight is 166 g/mol. The van der Waals surface area contributed by atoms with Crippen molar-refractivity contribution in [1.29, 1.82) is 0 Å². The van der Waals surface area contributed by atoms with Crippen molar-refractivity contribution in [2.45, 2.75) is 0 Å². The molecular weight excluding hydrogens is 156 g/mol. The zero-order chi connectivity index (χ0) is 8.55. The van der Waals surface area contributed by atoms with Gasteiger partial charge in [0.25, 0.3) is 5.56 Å². The summed E-state index contributed by atoms with van der Waals surface area (Å²) in [5.41, 5.74) is 0.824. The van der Waals surface area contributed by atoms with E-state index in [9.17, 15) is 4.79 Å². The molecular formula is C8H10N2O2. The number of nitrogens with one attached hydrogen (secondary N) is 1. The third-order valence-corrected chi connectivity index (χ3v) is 1.95. The van der Waals surface area contributed by atoms with Gasteiger partial charge in [-0.3, -0.25) is 9.78 Å². The average Bonchev–Trinajstić information content (AvgIpc) is 2.04. The summed E-state index contributed by atoms with van der Waals surface area (Å²) in [6.07, 6.45) is 0. The van der Waals surface area contributed by atoms with Crippen molar-refractivity contribution in [3.05, 3.63) is 22.5 Å². The van der Waals surface area contributed by atoms with E-state index in [1.165, 1.54) is 6.07 Å². The second-order valence-corrected chi connectivity index (χ2v) is 2.81. The van der Waals surface area contributed by atoms with Gasteiger partial charge in [-0.15, -0.1) is 0 Å². The van der Waals surface area contributed by atoms with E-state index >= 15 is 0 Å². The fourth-order valence-corrected chi connectivity index (χ4v) is 1.26. The molecule has 1 aromatic rings. The topological polar surface area (TPSA) is 45.3 Å². The number of rotatable bonds is 0. The Bertz CT molecular complexity index is 345. The summed E-state index contributed by atoms with van der Waals surface area (Å²) in [7, 11) is 1.97. The summed E-state index contributed by atoms with van der Waals surface area (Å²) in [5.74, 6) is 0.580. The maximum absolute atomic E-state index is 10.9. The van der Waals surface area contributed by atoms with Crippen LogP contribution in [0.25, 0.3) is 0 Å². The number of H-pyrrole nitrogens is 1. The van der Waals surface area contributed by atoms with E-state index in [0.29, 0.717) is 12.5 Å². The number of ether oxygens (including phenoxy) is 1. The van der Waals surface area contributed by atoms with Crippen LogP contribution >= 0.6 is 0 Å². The fourth-order valence-electron chi connectivity index (χ4n) is 1.26. The highest BCUT2D eigenvalue weighted by Gasteiger charge is 2.14. The fraction of sp³-hybridized carbons (Fsp3) is 0.375. The molecule has 0 saturated heterocycles. The normalized spacial score (nSPS) is 15.2. The number of aromatic nitrogens is 1. The van der Waals surface area contributed by atoms with E-state index in [4.69, 9.17) is 4.74 Å². The van der Waals surface area contributed by atoms with Crippen molar-refractivity contribution in [3.8, 4) is 5.88 Å². The molecule has 0 spiro atoms. The van der Waals surface area contributed by atoms with Gasteiger partial charge >= 0.3 is 0 Å². The summed E-state index contributed by atoms with van der Waals surface area (Å²) in [6, 6.07) is 3.28. The van der Waals surface area contributed by atoms with Crippen molar-refractivity contribution >= 4 is 5.69 Å². The second-order valence-electron chi connectivity index (χ2n) is 2.81. The summed E-state index contributed by atoms with van der Waals surface area (Å²) in [5, 5.41) is 0. The molecule has 0 aromatic carbocycles. The monoisotopic (exact) mass is 166 g/mol. The van der Waals surface area contributed by atoms with Gasteiger partial charge in [0.2, 0.25) is 5.88 Å². The Morgan fingerprint density at radius 2 is 2.42 bits per heavy atom. The number of pyridine rings is 1. The Kier molecular flexibility index (Phi) is 1.53. The maximum Gasteiger partial charge on any atom is 0.250 e. The number of fused-ring (bicyclic) bond motifs is 1. The number of hydrogen-bond donors (Lipinski definition) is 1.